The number of morpholine rings is 1. The molecule has 1 saturated heterocycles. The smallest absolute Gasteiger partial charge is 0.296 e. The standard InChI is InChI=1S/C18H24F2N8O/c1-22-17(27-8-10-29-11-9-27)26-18(24-12-23-7-6-21)28-14-5-3-2-4-13(14)25-16(28)15(19)20/h2-5,15,23H,1,6-12,21H2. The second kappa shape index (κ2) is 10.1. The summed E-state index contributed by atoms with van der Waals surface area (Å²) in [4.78, 5) is 18.8. The van der Waals surface area contributed by atoms with Gasteiger partial charge in [-0.2, -0.15) is 4.99 Å². The van der Waals surface area contributed by atoms with Crippen LogP contribution in [0.3, 0.4) is 0 Å². The van der Waals surface area contributed by atoms with Crippen LogP contribution in [-0.4, -0.2) is 79.1 Å². The maximum Gasteiger partial charge on any atom is 0.296 e. The highest BCUT2D eigenvalue weighted by Crippen LogP contribution is 2.24. The van der Waals surface area contributed by atoms with Crippen molar-refractivity contribution in [3.8, 4) is 0 Å². The Kier molecular flexibility index (Phi) is 7.33. The van der Waals surface area contributed by atoms with E-state index in [0.717, 1.165) is 0 Å². The van der Waals surface area contributed by atoms with Gasteiger partial charge in [-0.25, -0.2) is 23.7 Å². The van der Waals surface area contributed by atoms with Gasteiger partial charge >= 0.3 is 0 Å². The molecule has 1 aromatic carbocycles. The van der Waals surface area contributed by atoms with E-state index in [1.807, 2.05) is 4.90 Å². The number of rotatable bonds is 5. The number of alkyl halides is 2. The van der Waals surface area contributed by atoms with Crippen molar-refractivity contribution in [3.05, 3.63) is 30.1 Å². The van der Waals surface area contributed by atoms with Gasteiger partial charge in [0.2, 0.25) is 11.9 Å². The molecular formula is C18H24F2N8O. The van der Waals surface area contributed by atoms with E-state index in [0.29, 0.717) is 56.4 Å². The van der Waals surface area contributed by atoms with Gasteiger partial charge in [0, 0.05) is 26.2 Å². The summed E-state index contributed by atoms with van der Waals surface area (Å²) in [6.07, 6.45) is -2.80. The van der Waals surface area contributed by atoms with Crippen LogP contribution < -0.4 is 11.1 Å². The first-order valence-electron chi connectivity index (χ1n) is 9.25. The van der Waals surface area contributed by atoms with Crippen LogP contribution in [0, 0.1) is 0 Å². The van der Waals surface area contributed by atoms with Crippen molar-refractivity contribution in [1.29, 1.82) is 0 Å². The van der Waals surface area contributed by atoms with E-state index in [-0.39, 0.29) is 12.6 Å². The van der Waals surface area contributed by atoms with E-state index in [2.05, 4.69) is 32.0 Å². The number of hydrogen-bond acceptors (Lipinski definition) is 5. The summed E-state index contributed by atoms with van der Waals surface area (Å²) >= 11 is 0. The summed E-state index contributed by atoms with van der Waals surface area (Å²) in [5.74, 6) is -0.0887. The molecule has 156 valence electrons. The van der Waals surface area contributed by atoms with Crippen LogP contribution in [0.5, 0.6) is 0 Å². The van der Waals surface area contributed by atoms with Crippen LogP contribution in [0.25, 0.3) is 11.0 Å². The van der Waals surface area contributed by atoms with E-state index in [1.54, 1.807) is 24.3 Å². The second-order valence-corrected chi connectivity index (χ2v) is 6.17. The fourth-order valence-corrected chi connectivity index (χ4v) is 2.92. The number of aromatic nitrogens is 2. The molecule has 2 aromatic rings. The van der Waals surface area contributed by atoms with Gasteiger partial charge < -0.3 is 15.4 Å². The zero-order valence-corrected chi connectivity index (χ0v) is 16.0. The highest BCUT2D eigenvalue weighted by Gasteiger charge is 2.23. The predicted molar refractivity (Wildman–Crippen MR) is 109 cm³/mol. The maximum absolute atomic E-state index is 13.8. The van der Waals surface area contributed by atoms with E-state index in [1.165, 1.54) is 4.57 Å². The summed E-state index contributed by atoms with van der Waals surface area (Å²) in [6, 6.07) is 6.85. The fraction of sp³-hybridized carbons (Fsp3) is 0.444. The third-order valence-corrected chi connectivity index (χ3v) is 4.27. The molecule has 2 heterocycles. The number of para-hydroxylation sites is 2. The van der Waals surface area contributed by atoms with Gasteiger partial charge in [-0.3, -0.25) is 9.88 Å². The first-order chi connectivity index (χ1) is 14.2. The molecule has 3 N–H and O–H groups in total. The Labute approximate surface area is 167 Å². The molecule has 1 aromatic heterocycles. The molecule has 0 radical (unpaired) electrons. The Balaban J connectivity index is 2.08. The molecule has 0 saturated carbocycles. The molecule has 1 fully saturated rings. The number of hydrogen-bond donors (Lipinski definition) is 2. The number of nitrogens with zero attached hydrogens (tertiary/aromatic N) is 6. The first kappa shape index (κ1) is 21.0. The molecule has 1 aliphatic rings. The van der Waals surface area contributed by atoms with Gasteiger partial charge in [0.25, 0.3) is 6.43 Å². The van der Waals surface area contributed by atoms with Crippen LogP contribution in [0.4, 0.5) is 8.78 Å². The topological polar surface area (TPSA) is 105 Å². The summed E-state index contributed by atoms with van der Waals surface area (Å²) < 4.78 is 34.1. The van der Waals surface area contributed by atoms with Gasteiger partial charge in [-0.05, 0) is 18.9 Å². The quantitative estimate of drug-likeness (QED) is 0.439. The lowest BCUT2D eigenvalue weighted by Crippen LogP contribution is -2.40. The Hall–Kier alpha value is -2.76. The minimum Gasteiger partial charge on any atom is -0.378 e. The molecule has 29 heavy (non-hydrogen) atoms. The number of imidazole rings is 1. The van der Waals surface area contributed by atoms with Gasteiger partial charge in [-0.1, -0.05) is 12.1 Å². The van der Waals surface area contributed by atoms with Gasteiger partial charge in [0.05, 0.1) is 30.9 Å². The zero-order chi connectivity index (χ0) is 20.6. The number of halogens is 2. The normalized spacial score (nSPS) is 16.1. The number of ether oxygens (including phenoxy) is 1. The Morgan fingerprint density at radius 2 is 2.03 bits per heavy atom. The first-order valence-corrected chi connectivity index (χ1v) is 9.25. The van der Waals surface area contributed by atoms with E-state index in [9.17, 15) is 8.78 Å². The predicted octanol–water partition coefficient (Wildman–Crippen LogP) is 1.07. The van der Waals surface area contributed by atoms with Crippen LogP contribution in [-0.2, 0) is 4.74 Å². The molecule has 1 aliphatic heterocycles. The third-order valence-electron chi connectivity index (χ3n) is 4.27. The molecule has 0 bridgehead atoms. The lowest BCUT2D eigenvalue weighted by Gasteiger charge is -2.27. The van der Waals surface area contributed by atoms with Crippen molar-refractivity contribution in [2.45, 2.75) is 6.43 Å². The van der Waals surface area contributed by atoms with E-state index < -0.39 is 12.2 Å². The lowest BCUT2D eigenvalue weighted by atomic mass is 10.3. The molecule has 0 unspecified atom stereocenters. The average Bonchev–Trinajstić information content (AvgIpc) is 3.14. The van der Waals surface area contributed by atoms with Crippen LogP contribution in [0.15, 0.2) is 39.2 Å². The zero-order valence-electron chi connectivity index (χ0n) is 16.0. The molecule has 9 nitrogen and oxygen atoms in total. The van der Waals surface area contributed by atoms with Crippen molar-refractivity contribution in [3.63, 3.8) is 0 Å². The summed E-state index contributed by atoms with van der Waals surface area (Å²) in [6.45, 7) is 6.88. The minimum atomic E-state index is -2.80. The highest BCUT2D eigenvalue weighted by atomic mass is 19.3. The number of nitrogens with one attached hydrogen (secondary N) is 1. The van der Waals surface area contributed by atoms with E-state index in [4.69, 9.17) is 10.5 Å². The Bertz CT molecular complexity index is 889. The number of aliphatic imine (C=N–C) groups is 3. The average molecular weight is 406 g/mol. The van der Waals surface area contributed by atoms with Gasteiger partial charge in [-0.15, -0.1) is 0 Å². The maximum atomic E-state index is 13.8. The van der Waals surface area contributed by atoms with E-state index >= 15 is 0 Å². The van der Waals surface area contributed by atoms with Gasteiger partial charge in [0.15, 0.2) is 5.82 Å². The monoisotopic (exact) mass is 406 g/mol. The number of benzene rings is 1. The Morgan fingerprint density at radius 1 is 1.28 bits per heavy atom. The van der Waals surface area contributed by atoms with Crippen molar-refractivity contribution >= 4 is 29.7 Å². The largest absolute Gasteiger partial charge is 0.378 e. The van der Waals surface area contributed by atoms with Crippen LogP contribution in [0.1, 0.15) is 12.2 Å². The molecule has 0 spiro atoms. The van der Waals surface area contributed by atoms with Crippen molar-refractivity contribution in [1.82, 2.24) is 19.8 Å². The molecule has 3 rings (SSSR count). The molecule has 0 amide bonds. The molecule has 0 aliphatic carbocycles. The molecular weight excluding hydrogens is 382 g/mol. The number of nitrogens with two attached hydrogens (primary N) is 1. The third kappa shape index (κ3) is 5.00. The SMILES string of the molecule is C=NC(=NC(=NCNCCN)n1c(C(F)F)nc2ccccc21)N1CCOCC1. The number of fused-ring (bicyclic) bond motifs is 1. The van der Waals surface area contributed by atoms with Crippen LogP contribution in [0.2, 0.25) is 0 Å². The van der Waals surface area contributed by atoms with Crippen molar-refractivity contribution in [2.75, 3.05) is 46.1 Å². The summed E-state index contributed by atoms with van der Waals surface area (Å²) in [5, 5.41) is 3.01. The Morgan fingerprint density at radius 3 is 2.72 bits per heavy atom. The lowest BCUT2D eigenvalue weighted by molar-refractivity contribution is 0.0677. The molecule has 0 atom stereocenters. The fourth-order valence-electron chi connectivity index (χ4n) is 2.92. The summed E-state index contributed by atoms with van der Waals surface area (Å²) in [5.41, 5.74) is 6.40. The highest BCUT2D eigenvalue weighted by molar-refractivity contribution is 6.01. The second-order valence-electron chi connectivity index (χ2n) is 6.17. The van der Waals surface area contributed by atoms with Crippen molar-refractivity contribution < 1.29 is 13.5 Å². The number of guanidine groups is 1. The summed E-state index contributed by atoms with van der Waals surface area (Å²) in [7, 11) is 0. The molecule has 11 heteroatoms. The van der Waals surface area contributed by atoms with Gasteiger partial charge in [0.1, 0.15) is 0 Å². The van der Waals surface area contributed by atoms with Crippen molar-refractivity contribution in [2.24, 2.45) is 20.7 Å². The van der Waals surface area contributed by atoms with Crippen LogP contribution >= 0.6 is 0 Å². The minimum absolute atomic E-state index is 0.0485.